The molecule has 1 aromatic rings. The molecule has 2 rings (SSSR count). The van der Waals surface area contributed by atoms with Gasteiger partial charge >= 0.3 is 12.4 Å². The SMILES string of the molecule is C[C@@H](Oc1cc(CNC(=O)C2CC(C(F)(F)F)C2)ccn1)C(F)(F)F. The van der Waals surface area contributed by atoms with Crippen molar-refractivity contribution in [3.8, 4) is 5.88 Å². The van der Waals surface area contributed by atoms with E-state index in [0.29, 0.717) is 5.56 Å². The lowest BCUT2D eigenvalue weighted by molar-refractivity contribution is -0.204. The van der Waals surface area contributed by atoms with E-state index in [4.69, 9.17) is 0 Å². The van der Waals surface area contributed by atoms with E-state index in [9.17, 15) is 31.1 Å². The van der Waals surface area contributed by atoms with E-state index in [2.05, 4.69) is 15.0 Å². The van der Waals surface area contributed by atoms with E-state index in [0.717, 1.165) is 6.92 Å². The smallest absolute Gasteiger partial charge is 0.425 e. The van der Waals surface area contributed by atoms with Gasteiger partial charge in [-0.05, 0) is 31.4 Å². The number of carbonyl (C=O) groups excluding carboxylic acids is 1. The van der Waals surface area contributed by atoms with Crippen molar-refractivity contribution < 1.29 is 35.9 Å². The van der Waals surface area contributed by atoms with Crippen LogP contribution >= 0.6 is 0 Å². The lowest BCUT2D eigenvalue weighted by Crippen LogP contribution is -2.43. The minimum Gasteiger partial charge on any atom is -0.465 e. The van der Waals surface area contributed by atoms with Crippen LogP contribution in [0.1, 0.15) is 25.3 Å². The van der Waals surface area contributed by atoms with Gasteiger partial charge in [-0.15, -0.1) is 0 Å². The average Bonchev–Trinajstić information content (AvgIpc) is 2.41. The summed E-state index contributed by atoms with van der Waals surface area (Å²) in [6.07, 6.45) is -10.1. The second-order valence-electron chi connectivity index (χ2n) is 5.93. The van der Waals surface area contributed by atoms with Crippen LogP contribution < -0.4 is 10.1 Å². The van der Waals surface area contributed by atoms with Crippen LogP contribution in [0.5, 0.6) is 5.88 Å². The van der Waals surface area contributed by atoms with Crippen LogP contribution in [-0.4, -0.2) is 29.3 Å². The monoisotopic (exact) mass is 370 g/mol. The second-order valence-corrected chi connectivity index (χ2v) is 5.93. The Morgan fingerprint density at radius 3 is 2.52 bits per heavy atom. The largest absolute Gasteiger partial charge is 0.465 e. The molecule has 0 aromatic carbocycles. The first kappa shape index (κ1) is 19.3. The Kier molecular flexibility index (Phi) is 5.48. The van der Waals surface area contributed by atoms with Gasteiger partial charge in [0.25, 0.3) is 0 Å². The lowest BCUT2D eigenvalue weighted by Gasteiger charge is -2.35. The Hall–Kier alpha value is -2.00. The van der Waals surface area contributed by atoms with Crippen LogP contribution in [0.4, 0.5) is 26.3 Å². The first-order chi connectivity index (χ1) is 11.5. The number of aromatic nitrogens is 1. The van der Waals surface area contributed by atoms with Crippen molar-refractivity contribution in [1.82, 2.24) is 10.3 Å². The zero-order valence-electron chi connectivity index (χ0n) is 13.1. The van der Waals surface area contributed by atoms with Gasteiger partial charge < -0.3 is 10.1 Å². The quantitative estimate of drug-likeness (QED) is 0.806. The van der Waals surface area contributed by atoms with Crippen LogP contribution in [-0.2, 0) is 11.3 Å². The van der Waals surface area contributed by atoms with Crippen LogP contribution in [0.2, 0.25) is 0 Å². The number of rotatable bonds is 5. The Morgan fingerprint density at radius 2 is 1.96 bits per heavy atom. The highest BCUT2D eigenvalue weighted by molar-refractivity contribution is 5.79. The molecule has 0 radical (unpaired) electrons. The molecular formula is C15H16F6N2O2. The molecule has 1 heterocycles. The predicted molar refractivity (Wildman–Crippen MR) is 74.5 cm³/mol. The van der Waals surface area contributed by atoms with E-state index in [-0.39, 0.29) is 25.3 Å². The minimum absolute atomic E-state index is 0.0364. The molecular weight excluding hydrogens is 354 g/mol. The molecule has 4 nitrogen and oxygen atoms in total. The number of pyridine rings is 1. The lowest BCUT2D eigenvalue weighted by atomic mass is 9.74. The number of nitrogens with zero attached hydrogens (tertiary/aromatic N) is 1. The molecule has 25 heavy (non-hydrogen) atoms. The Morgan fingerprint density at radius 1 is 1.32 bits per heavy atom. The number of halogens is 6. The van der Waals surface area contributed by atoms with Gasteiger partial charge in [-0.3, -0.25) is 4.79 Å². The summed E-state index contributed by atoms with van der Waals surface area (Å²) < 4.78 is 79.2. The van der Waals surface area contributed by atoms with Crippen LogP contribution in [0.15, 0.2) is 18.3 Å². The van der Waals surface area contributed by atoms with E-state index < -0.39 is 36.2 Å². The standard InChI is InChI=1S/C15H16F6N2O2/c1-8(14(16,17)18)25-12-4-9(2-3-22-12)7-23-13(24)10-5-11(6-10)15(19,20)21/h2-4,8,10-11H,5-7H2,1H3,(H,23,24)/t8-,10?,11?/m1/s1. The summed E-state index contributed by atoms with van der Waals surface area (Å²) in [7, 11) is 0. The molecule has 0 bridgehead atoms. The van der Waals surface area contributed by atoms with E-state index in [1.807, 2.05) is 0 Å². The van der Waals surface area contributed by atoms with Gasteiger partial charge in [0.2, 0.25) is 11.8 Å². The van der Waals surface area contributed by atoms with Gasteiger partial charge in [0.1, 0.15) is 0 Å². The highest BCUT2D eigenvalue weighted by Crippen LogP contribution is 2.44. The maximum Gasteiger partial charge on any atom is 0.425 e. The second kappa shape index (κ2) is 7.09. The summed E-state index contributed by atoms with van der Waals surface area (Å²) in [5, 5.41) is 2.47. The van der Waals surface area contributed by atoms with Gasteiger partial charge in [-0.25, -0.2) is 4.98 Å². The van der Waals surface area contributed by atoms with Crippen LogP contribution in [0, 0.1) is 11.8 Å². The summed E-state index contributed by atoms with van der Waals surface area (Å²) in [5.41, 5.74) is 0.430. The zero-order chi connectivity index (χ0) is 18.8. The molecule has 1 aromatic heterocycles. The molecule has 0 spiro atoms. The predicted octanol–water partition coefficient (Wildman–Crippen LogP) is 3.62. The first-order valence-electron chi connectivity index (χ1n) is 7.49. The normalized spacial score (nSPS) is 22.0. The van der Waals surface area contributed by atoms with E-state index in [1.54, 1.807) is 0 Å². The van der Waals surface area contributed by atoms with E-state index >= 15 is 0 Å². The topological polar surface area (TPSA) is 51.2 Å². The molecule has 10 heteroatoms. The van der Waals surface area contributed by atoms with Crippen molar-refractivity contribution >= 4 is 5.91 Å². The van der Waals surface area contributed by atoms with Crippen LogP contribution in [0.3, 0.4) is 0 Å². The molecule has 1 aliphatic carbocycles. The summed E-state index contributed by atoms with van der Waals surface area (Å²) in [4.78, 5) is 15.5. The van der Waals surface area contributed by atoms with Gasteiger partial charge in [0.15, 0.2) is 6.10 Å². The van der Waals surface area contributed by atoms with Gasteiger partial charge in [0, 0.05) is 24.7 Å². The number of amides is 1. The molecule has 0 unspecified atom stereocenters. The van der Waals surface area contributed by atoms with Crippen molar-refractivity contribution in [1.29, 1.82) is 0 Å². The molecule has 140 valence electrons. The molecule has 0 saturated heterocycles. The molecule has 1 atom stereocenters. The molecule has 1 amide bonds. The molecule has 1 saturated carbocycles. The number of hydrogen-bond acceptors (Lipinski definition) is 3. The highest BCUT2D eigenvalue weighted by Gasteiger charge is 2.49. The van der Waals surface area contributed by atoms with Crippen molar-refractivity contribution in [2.45, 2.75) is 44.8 Å². The third-order valence-corrected chi connectivity index (χ3v) is 4.00. The fourth-order valence-corrected chi connectivity index (χ4v) is 2.31. The molecule has 1 N–H and O–H groups in total. The Balaban J connectivity index is 1.84. The number of alkyl halides is 6. The van der Waals surface area contributed by atoms with Gasteiger partial charge in [-0.2, -0.15) is 26.3 Å². The van der Waals surface area contributed by atoms with Crippen molar-refractivity contribution in [2.24, 2.45) is 11.8 Å². The van der Waals surface area contributed by atoms with Crippen molar-refractivity contribution in [3.05, 3.63) is 23.9 Å². The number of hydrogen-bond donors (Lipinski definition) is 1. The minimum atomic E-state index is -4.54. The molecule has 1 fully saturated rings. The molecule has 0 aliphatic heterocycles. The average molecular weight is 370 g/mol. The highest BCUT2D eigenvalue weighted by atomic mass is 19.4. The number of carbonyl (C=O) groups is 1. The summed E-state index contributed by atoms with van der Waals surface area (Å²) >= 11 is 0. The van der Waals surface area contributed by atoms with Crippen molar-refractivity contribution in [3.63, 3.8) is 0 Å². The fourth-order valence-electron chi connectivity index (χ4n) is 2.31. The summed E-state index contributed by atoms with van der Waals surface area (Å²) in [6.45, 7) is 0.801. The van der Waals surface area contributed by atoms with Crippen molar-refractivity contribution in [2.75, 3.05) is 0 Å². The fraction of sp³-hybridized carbons (Fsp3) is 0.600. The molecule has 1 aliphatic rings. The summed E-state index contributed by atoms with van der Waals surface area (Å²) in [5.74, 6) is -2.91. The first-order valence-corrected chi connectivity index (χ1v) is 7.49. The third kappa shape index (κ3) is 5.23. The summed E-state index contributed by atoms with van der Waals surface area (Å²) in [6, 6.07) is 2.70. The van der Waals surface area contributed by atoms with E-state index in [1.165, 1.54) is 18.3 Å². The number of ether oxygens (including phenoxy) is 1. The number of nitrogens with one attached hydrogen (secondary N) is 1. The Bertz CT molecular complexity index is 611. The zero-order valence-corrected chi connectivity index (χ0v) is 13.1. The van der Waals surface area contributed by atoms with Gasteiger partial charge in [0.05, 0.1) is 5.92 Å². The Labute approximate surface area is 139 Å². The maximum absolute atomic E-state index is 12.4. The maximum atomic E-state index is 12.4. The van der Waals surface area contributed by atoms with Crippen LogP contribution in [0.25, 0.3) is 0 Å². The third-order valence-electron chi connectivity index (χ3n) is 4.00. The van der Waals surface area contributed by atoms with Gasteiger partial charge in [-0.1, -0.05) is 0 Å².